The fraction of sp³-hybridized carbons (Fsp3) is 0.409. The highest BCUT2D eigenvalue weighted by atomic mass is 16.4. The van der Waals surface area contributed by atoms with E-state index in [1.54, 1.807) is 12.1 Å². The van der Waals surface area contributed by atoms with Gasteiger partial charge < -0.3 is 15.9 Å². The minimum absolute atomic E-state index is 0.153. The zero-order valence-electron chi connectivity index (χ0n) is 15.2. The van der Waals surface area contributed by atoms with Crippen LogP contribution >= 0.6 is 0 Å². The molecular weight excluding hydrogens is 326 g/mol. The molecule has 140 valence electrons. The first-order chi connectivity index (χ1) is 12.6. The van der Waals surface area contributed by atoms with Crippen molar-refractivity contribution in [3.8, 4) is 5.75 Å². The summed E-state index contributed by atoms with van der Waals surface area (Å²) in [6.45, 7) is 0.659. The van der Waals surface area contributed by atoms with E-state index in [0.29, 0.717) is 13.0 Å². The van der Waals surface area contributed by atoms with Gasteiger partial charge in [-0.1, -0.05) is 48.9 Å². The summed E-state index contributed by atoms with van der Waals surface area (Å²) in [5.41, 5.74) is 7.94. The van der Waals surface area contributed by atoms with Crippen LogP contribution in [0.5, 0.6) is 5.75 Å². The van der Waals surface area contributed by atoms with Gasteiger partial charge in [0.2, 0.25) is 0 Å². The third-order valence-electron chi connectivity index (χ3n) is 5.02. The quantitative estimate of drug-likeness (QED) is 0.526. The van der Waals surface area contributed by atoms with Gasteiger partial charge in [-0.05, 0) is 67.3 Å². The second-order valence-corrected chi connectivity index (χ2v) is 6.98. The predicted molar refractivity (Wildman–Crippen MR) is 104 cm³/mol. The van der Waals surface area contributed by atoms with Crippen molar-refractivity contribution in [2.75, 3.05) is 6.54 Å². The molecule has 2 aromatic carbocycles. The number of aromatic hydroxyl groups is 1. The SMILES string of the molecule is NCCCCC(CCCC(=O)O)(Cc1ccccc1)c1ccc(O)cc1. The van der Waals surface area contributed by atoms with E-state index < -0.39 is 5.97 Å². The van der Waals surface area contributed by atoms with Gasteiger partial charge in [0.15, 0.2) is 0 Å². The lowest BCUT2D eigenvalue weighted by atomic mass is 9.69. The summed E-state index contributed by atoms with van der Waals surface area (Å²) in [7, 11) is 0. The summed E-state index contributed by atoms with van der Waals surface area (Å²) in [4.78, 5) is 11.0. The summed E-state index contributed by atoms with van der Waals surface area (Å²) in [6.07, 6.45) is 5.35. The standard InChI is InChI=1S/C22H29NO3/c23-16-5-4-14-22(15-6-9-21(25)26,17-18-7-2-1-3-8-18)19-10-12-20(24)13-11-19/h1-3,7-8,10-13,24H,4-6,9,14-17,23H2,(H,25,26). The summed E-state index contributed by atoms with van der Waals surface area (Å²) in [5, 5.41) is 18.8. The largest absolute Gasteiger partial charge is 0.508 e. The number of benzene rings is 2. The Morgan fingerprint density at radius 2 is 1.58 bits per heavy atom. The molecule has 2 rings (SSSR count). The van der Waals surface area contributed by atoms with Gasteiger partial charge in [0.25, 0.3) is 0 Å². The highest BCUT2D eigenvalue weighted by Crippen LogP contribution is 2.39. The second-order valence-electron chi connectivity index (χ2n) is 6.98. The van der Waals surface area contributed by atoms with E-state index in [9.17, 15) is 9.90 Å². The number of aliphatic carboxylic acids is 1. The van der Waals surface area contributed by atoms with Gasteiger partial charge in [0.05, 0.1) is 0 Å². The Morgan fingerprint density at radius 1 is 0.923 bits per heavy atom. The molecule has 4 nitrogen and oxygen atoms in total. The number of carboxylic acid groups (broad SMARTS) is 1. The number of nitrogens with two attached hydrogens (primary N) is 1. The van der Waals surface area contributed by atoms with Gasteiger partial charge in [-0.3, -0.25) is 4.79 Å². The Bertz CT molecular complexity index is 670. The van der Waals surface area contributed by atoms with Crippen LogP contribution < -0.4 is 5.73 Å². The van der Waals surface area contributed by atoms with Crippen molar-refractivity contribution in [1.82, 2.24) is 0 Å². The number of carboxylic acids is 1. The highest BCUT2D eigenvalue weighted by molar-refractivity contribution is 5.66. The fourth-order valence-corrected chi connectivity index (χ4v) is 3.68. The third-order valence-corrected chi connectivity index (χ3v) is 5.02. The van der Waals surface area contributed by atoms with Gasteiger partial charge in [0, 0.05) is 6.42 Å². The molecule has 0 aromatic heterocycles. The molecule has 0 aliphatic heterocycles. The molecule has 26 heavy (non-hydrogen) atoms. The molecule has 1 atom stereocenters. The van der Waals surface area contributed by atoms with Crippen LogP contribution in [-0.2, 0) is 16.6 Å². The van der Waals surface area contributed by atoms with Gasteiger partial charge in [-0.2, -0.15) is 0 Å². The van der Waals surface area contributed by atoms with E-state index in [2.05, 4.69) is 12.1 Å². The van der Waals surface area contributed by atoms with E-state index in [1.807, 2.05) is 30.3 Å². The molecule has 0 fully saturated rings. The first-order valence-electron chi connectivity index (χ1n) is 9.31. The monoisotopic (exact) mass is 355 g/mol. The second kappa shape index (κ2) is 9.97. The lowest BCUT2D eigenvalue weighted by Gasteiger charge is -2.35. The average molecular weight is 355 g/mol. The lowest BCUT2D eigenvalue weighted by Crippen LogP contribution is -2.30. The zero-order chi connectivity index (χ0) is 18.8. The van der Waals surface area contributed by atoms with E-state index in [-0.39, 0.29) is 17.6 Å². The molecule has 4 N–H and O–H groups in total. The average Bonchev–Trinajstić information content (AvgIpc) is 2.63. The third kappa shape index (κ3) is 5.88. The van der Waals surface area contributed by atoms with E-state index >= 15 is 0 Å². The molecule has 0 saturated carbocycles. The smallest absolute Gasteiger partial charge is 0.303 e. The van der Waals surface area contributed by atoms with Crippen molar-refractivity contribution in [3.63, 3.8) is 0 Å². The normalized spacial score (nSPS) is 13.3. The minimum atomic E-state index is -0.758. The Morgan fingerprint density at radius 3 is 2.19 bits per heavy atom. The maximum atomic E-state index is 11.0. The van der Waals surface area contributed by atoms with Gasteiger partial charge in [-0.15, -0.1) is 0 Å². The molecule has 4 heteroatoms. The van der Waals surface area contributed by atoms with Crippen LogP contribution in [0.15, 0.2) is 54.6 Å². The molecule has 1 unspecified atom stereocenters. The molecule has 0 spiro atoms. The molecule has 0 radical (unpaired) electrons. The molecule has 0 saturated heterocycles. The Labute approximate surface area is 155 Å². The molecule has 0 bridgehead atoms. The molecule has 0 amide bonds. The van der Waals surface area contributed by atoms with Crippen molar-refractivity contribution >= 4 is 5.97 Å². The molecule has 0 aliphatic carbocycles. The summed E-state index contributed by atoms with van der Waals surface area (Å²) in [6, 6.07) is 17.7. The van der Waals surface area contributed by atoms with Crippen LogP contribution in [0.2, 0.25) is 0 Å². The molecule has 2 aromatic rings. The Balaban J connectivity index is 2.34. The van der Waals surface area contributed by atoms with E-state index in [4.69, 9.17) is 10.8 Å². The Hall–Kier alpha value is -2.33. The van der Waals surface area contributed by atoms with Crippen molar-refractivity contribution in [2.45, 2.75) is 50.4 Å². The fourth-order valence-electron chi connectivity index (χ4n) is 3.68. The number of hydrogen-bond acceptors (Lipinski definition) is 3. The maximum Gasteiger partial charge on any atom is 0.303 e. The summed E-state index contributed by atoms with van der Waals surface area (Å²) >= 11 is 0. The van der Waals surface area contributed by atoms with Crippen LogP contribution in [0.25, 0.3) is 0 Å². The van der Waals surface area contributed by atoms with Gasteiger partial charge in [0.1, 0.15) is 5.75 Å². The van der Waals surface area contributed by atoms with Crippen LogP contribution in [-0.4, -0.2) is 22.7 Å². The van der Waals surface area contributed by atoms with Crippen LogP contribution in [0.3, 0.4) is 0 Å². The first kappa shape index (κ1) is 20.0. The Kier molecular flexibility index (Phi) is 7.67. The summed E-state index contributed by atoms with van der Waals surface area (Å²) < 4.78 is 0. The number of rotatable bonds is 11. The molecule has 0 heterocycles. The predicted octanol–water partition coefficient (Wildman–Crippen LogP) is 4.26. The lowest BCUT2D eigenvalue weighted by molar-refractivity contribution is -0.137. The molecule has 0 aliphatic rings. The minimum Gasteiger partial charge on any atom is -0.508 e. The van der Waals surface area contributed by atoms with Crippen LogP contribution in [0.4, 0.5) is 0 Å². The topological polar surface area (TPSA) is 83.6 Å². The highest BCUT2D eigenvalue weighted by Gasteiger charge is 2.32. The number of phenolic OH excluding ortho intramolecular Hbond substituents is 1. The maximum absolute atomic E-state index is 11.0. The number of carbonyl (C=O) groups is 1. The molecular formula is C22H29NO3. The van der Waals surface area contributed by atoms with Crippen molar-refractivity contribution in [1.29, 1.82) is 0 Å². The van der Waals surface area contributed by atoms with Gasteiger partial charge >= 0.3 is 5.97 Å². The van der Waals surface area contributed by atoms with Crippen LogP contribution in [0.1, 0.15) is 49.7 Å². The van der Waals surface area contributed by atoms with Crippen molar-refractivity contribution in [3.05, 3.63) is 65.7 Å². The number of phenols is 1. The number of unbranched alkanes of at least 4 members (excludes halogenated alkanes) is 1. The first-order valence-corrected chi connectivity index (χ1v) is 9.31. The van der Waals surface area contributed by atoms with Gasteiger partial charge in [-0.25, -0.2) is 0 Å². The van der Waals surface area contributed by atoms with E-state index in [0.717, 1.165) is 37.7 Å². The van der Waals surface area contributed by atoms with Crippen molar-refractivity contribution in [2.24, 2.45) is 5.73 Å². The summed E-state index contributed by atoms with van der Waals surface area (Å²) in [5.74, 6) is -0.513. The van der Waals surface area contributed by atoms with E-state index in [1.165, 1.54) is 5.56 Å². The zero-order valence-corrected chi connectivity index (χ0v) is 15.2. The van der Waals surface area contributed by atoms with Crippen LogP contribution in [0, 0.1) is 0 Å². The van der Waals surface area contributed by atoms with Crippen molar-refractivity contribution < 1.29 is 15.0 Å². The number of hydrogen-bond donors (Lipinski definition) is 3.